The van der Waals surface area contributed by atoms with Crippen molar-refractivity contribution in [3.8, 4) is 5.69 Å². The highest BCUT2D eigenvalue weighted by Crippen LogP contribution is 2.18. The maximum atomic E-state index is 5.63. The van der Waals surface area contributed by atoms with Crippen LogP contribution >= 0.6 is 0 Å². The second-order valence-corrected chi connectivity index (χ2v) is 5.07. The van der Waals surface area contributed by atoms with E-state index in [0.717, 1.165) is 28.8 Å². The maximum Gasteiger partial charge on any atom is 0.0645 e. The van der Waals surface area contributed by atoms with E-state index in [-0.39, 0.29) is 0 Å². The van der Waals surface area contributed by atoms with E-state index in [4.69, 9.17) is 5.73 Å². The minimum absolute atomic E-state index is 0.483. The molecule has 2 aromatic rings. The molecule has 1 heterocycles. The fourth-order valence-corrected chi connectivity index (χ4v) is 1.99. The van der Waals surface area contributed by atoms with Crippen molar-refractivity contribution in [2.75, 3.05) is 0 Å². The molecule has 0 aliphatic heterocycles. The van der Waals surface area contributed by atoms with E-state index in [9.17, 15) is 0 Å². The molecule has 0 saturated heterocycles. The summed E-state index contributed by atoms with van der Waals surface area (Å²) in [6, 6.07) is 8.41. The second-order valence-electron chi connectivity index (χ2n) is 5.07. The molecule has 2 rings (SSSR count). The Bertz CT molecular complexity index is 688. The SMILES string of the molecule is C=C(N)C(=C)/C=C(\C)c1cnn(-c2ccc(CC)cc2)c1. The van der Waals surface area contributed by atoms with Crippen molar-refractivity contribution >= 4 is 5.57 Å². The highest BCUT2D eigenvalue weighted by molar-refractivity contribution is 5.67. The largest absolute Gasteiger partial charge is 0.399 e. The first-order chi connectivity index (χ1) is 10.0. The summed E-state index contributed by atoms with van der Waals surface area (Å²) < 4.78 is 1.87. The maximum absolute atomic E-state index is 5.63. The number of nitrogens with two attached hydrogens (primary N) is 1. The molecule has 1 aromatic carbocycles. The monoisotopic (exact) mass is 279 g/mol. The smallest absolute Gasteiger partial charge is 0.0645 e. The van der Waals surface area contributed by atoms with E-state index >= 15 is 0 Å². The Morgan fingerprint density at radius 2 is 1.95 bits per heavy atom. The van der Waals surface area contributed by atoms with E-state index in [1.807, 2.05) is 30.1 Å². The van der Waals surface area contributed by atoms with Gasteiger partial charge in [-0.15, -0.1) is 0 Å². The Balaban J connectivity index is 2.24. The zero-order valence-electron chi connectivity index (χ0n) is 12.6. The van der Waals surface area contributed by atoms with Gasteiger partial charge >= 0.3 is 0 Å². The number of hydrogen-bond donors (Lipinski definition) is 1. The first-order valence-corrected chi connectivity index (χ1v) is 6.97. The molecular weight excluding hydrogens is 258 g/mol. The summed E-state index contributed by atoms with van der Waals surface area (Å²) in [4.78, 5) is 0. The third-order valence-electron chi connectivity index (χ3n) is 3.45. The quantitative estimate of drug-likeness (QED) is 0.844. The van der Waals surface area contributed by atoms with Crippen LogP contribution in [0.1, 0.15) is 25.0 Å². The zero-order chi connectivity index (χ0) is 15.4. The standard InChI is InChI=1S/C18H21N3/c1-5-16-6-8-18(9-7-16)21-12-17(11-20-21)14(3)10-13(2)15(4)19/h6-12H,2,4-5,19H2,1,3H3/b14-10+. The van der Waals surface area contributed by atoms with E-state index in [1.54, 1.807) is 0 Å². The minimum atomic E-state index is 0.483. The lowest BCUT2D eigenvalue weighted by atomic mass is 10.1. The topological polar surface area (TPSA) is 43.8 Å². The Morgan fingerprint density at radius 3 is 2.52 bits per heavy atom. The molecule has 1 aromatic heterocycles. The molecule has 0 radical (unpaired) electrons. The summed E-state index contributed by atoms with van der Waals surface area (Å²) in [7, 11) is 0. The summed E-state index contributed by atoms with van der Waals surface area (Å²) in [5.74, 6) is 0. The fraction of sp³-hybridized carbons (Fsp3) is 0.167. The van der Waals surface area contributed by atoms with Gasteiger partial charge in [-0.25, -0.2) is 4.68 Å². The van der Waals surface area contributed by atoms with E-state index in [0.29, 0.717) is 5.70 Å². The molecule has 0 aliphatic rings. The van der Waals surface area contributed by atoms with Crippen molar-refractivity contribution in [3.05, 3.63) is 78.3 Å². The lowest BCUT2D eigenvalue weighted by Crippen LogP contribution is -1.96. The van der Waals surface area contributed by atoms with Gasteiger partial charge in [-0.05, 0) is 48.3 Å². The van der Waals surface area contributed by atoms with Gasteiger partial charge in [0.2, 0.25) is 0 Å². The molecule has 0 amide bonds. The van der Waals surface area contributed by atoms with Gasteiger partial charge in [0.1, 0.15) is 0 Å². The zero-order valence-corrected chi connectivity index (χ0v) is 12.6. The second kappa shape index (κ2) is 6.27. The van der Waals surface area contributed by atoms with Crippen molar-refractivity contribution in [3.63, 3.8) is 0 Å². The molecule has 21 heavy (non-hydrogen) atoms. The van der Waals surface area contributed by atoms with Crippen LogP contribution in [0.2, 0.25) is 0 Å². The summed E-state index contributed by atoms with van der Waals surface area (Å²) in [5.41, 5.74) is 11.3. The van der Waals surface area contributed by atoms with Gasteiger partial charge < -0.3 is 5.73 Å². The normalized spacial score (nSPS) is 11.4. The molecule has 2 N–H and O–H groups in total. The van der Waals surface area contributed by atoms with E-state index < -0.39 is 0 Å². The van der Waals surface area contributed by atoms with Crippen molar-refractivity contribution < 1.29 is 0 Å². The number of aromatic nitrogens is 2. The van der Waals surface area contributed by atoms with Crippen LogP contribution in [-0.4, -0.2) is 9.78 Å². The lowest BCUT2D eigenvalue weighted by molar-refractivity contribution is 0.879. The van der Waals surface area contributed by atoms with Crippen molar-refractivity contribution in [1.82, 2.24) is 9.78 Å². The van der Waals surface area contributed by atoms with E-state index in [1.165, 1.54) is 5.56 Å². The van der Waals surface area contributed by atoms with Gasteiger partial charge in [-0.1, -0.05) is 32.2 Å². The number of nitrogens with zero attached hydrogens (tertiary/aromatic N) is 2. The van der Waals surface area contributed by atoms with Crippen LogP contribution < -0.4 is 5.73 Å². The van der Waals surface area contributed by atoms with Gasteiger partial charge in [-0.3, -0.25) is 0 Å². The highest BCUT2D eigenvalue weighted by Gasteiger charge is 2.03. The van der Waals surface area contributed by atoms with Crippen LogP contribution in [0.15, 0.2) is 67.2 Å². The molecule has 108 valence electrons. The van der Waals surface area contributed by atoms with Crippen molar-refractivity contribution in [1.29, 1.82) is 0 Å². The van der Waals surface area contributed by atoms with Gasteiger partial charge in [0.25, 0.3) is 0 Å². The summed E-state index contributed by atoms with van der Waals surface area (Å²) in [6.07, 6.45) is 6.80. The van der Waals surface area contributed by atoms with Gasteiger partial charge in [-0.2, -0.15) is 5.10 Å². The highest BCUT2D eigenvalue weighted by atomic mass is 15.3. The van der Waals surface area contributed by atoms with E-state index in [2.05, 4.69) is 49.4 Å². The molecule has 3 heteroatoms. The van der Waals surface area contributed by atoms with Crippen LogP contribution in [0, 0.1) is 0 Å². The summed E-state index contributed by atoms with van der Waals surface area (Å²) in [5, 5.41) is 4.41. The molecule has 0 fully saturated rings. The number of benzene rings is 1. The van der Waals surface area contributed by atoms with Crippen LogP contribution in [0.5, 0.6) is 0 Å². The molecule has 0 saturated carbocycles. The molecule has 0 aliphatic carbocycles. The van der Waals surface area contributed by atoms with Crippen molar-refractivity contribution in [2.45, 2.75) is 20.3 Å². The average Bonchev–Trinajstić information content (AvgIpc) is 2.97. The molecule has 0 bridgehead atoms. The average molecular weight is 279 g/mol. The van der Waals surface area contributed by atoms with Crippen LogP contribution in [0.4, 0.5) is 0 Å². The number of allylic oxidation sites excluding steroid dienone is 2. The number of hydrogen-bond acceptors (Lipinski definition) is 2. The summed E-state index contributed by atoms with van der Waals surface area (Å²) >= 11 is 0. The Labute approximate surface area is 126 Å². The number of aryl methyl sites for hydroxylation is 1. The molecule has 0 spiro atoms. The third kappa shape index (κ3) is 3.51. The van der Waals surface area contributed by atoms with Crippen LogP contribution in [0.25, 0.3) is 11.3 Å². The predicted molar refractivity (Wildman–Crippen MR) is 89.1 cm³/mol. The Hall–Kier alpha value is -2.55. The third-order valence-corrected chi connectivity index (χ3v) is 3.45. The van der Waals surface area contributed by atoms with Gasteiger partial charge in [0, 0.05) is 17.5 Å². The summed E-state index contributed by atoms with van der Waals surface area (Å²) in [6.45, 7) is 11.7. The number of rotatable bonds is 5. The van der Waals surface area contributed by atoms with Crippen LogP contribution in [-0.2, 0) is 6.42 Å². The molecule has 0 atom stereocenters. The first kappa shape index (κ1) is 14.9. The Kier molecular flexibility index (Phi) is 4.43. The van der Waals surface area contributed by atoms with Crippen molar-refractivity contribution in [2.24, 2.45) is 5.73 Å². The first-order valence-electron chi connectivity index (χ1n) is 6.97. The minimum Gasteiger partial charge on any atom is -0.399 e. The Morgan fingerprint density at radius 1 is 1.29 bits per heavy atom. The molecule has 0 unspecified atom stereocenters. The van der Waals surface area contributed by atoms with Crippen LogP contribution in [0.3, 0.4) is 0 Å². The molecular formula is C18H21N3. The predicted octanol–water partition coefficient (Wildman–Crippen LogP) is 3.87. The fourth-order valence-electron chi connectivity index (χ4n) is 1.99. The van der Waals surface area contributed by atoms with Gasteiger partial charge in [0.15, 0.2) is 0 Å². The van der Waals surface area contributed by atoms with Gasteiger partial charge in [0.05, 0.1) is 11.9 Å². The lowest BCUT2D eigenvalue weighted by Gasteiger charge is -2.03. The molecule has 3 nitrogen and oxygen atoms in total.